The van der Waals surface area contributed by atoms with Gasteiger partial charge in [-0.05, 0) is 37.5 Å². The number of nitrogens with zero attached hydrogens (tertiary/aromatic N) is 1. The molecule has 0 aliphatic rings. The third kappa shape index (κ3) is 8.93. The van der Waals surface area contributed by atoms with Gasteiger partial charge in [0.25, 0.3) is 0 Å². The van der Waals surface area contributed by atoms with Crippen molar-refractivity contribution in [3.8, 4) is 17.2 Å². The Balaban J connectivity index is 2.56. The molecule has 2 N–H and O–H groups in total. The molecule has 8 heteroatoms. The van der Waals surface area contributed by atoms with E-state index in [1.165, 1.54) is 7.11 Å². The molecular formula is C21H35N3O5. The van der Waals surface area contributed by atoms with Crippen LogP contribution in [0.2, 0.25) is 0 Å². The summed E-state index contributed by atoms with van der Waals surface area (Å²) in [5.74, 6) is 2.41. The van der Waals surface area contributed by atoms with E-state index in [9.17, 15) is 4.79 Å². The van der Waals surface area contributed by atoms with Gasteiger partial charge in [0.1, 0.15) is 0 Å². The molecule has 0 aromatic heterocycles. The normalized spacial score (nSPS) is 11.0. The highest BCUT2D eigenvalue weighted by molar-refractivity contribution is 5.79. The Bertz CT molecular complexity index is 624. The first-order valence-electron chi connectivity index (χ1n) is 9.97. The standard InChI is InChI=1S/C21H35N3O5/c1-6-22-21(23-12-10-8-7-9-11-19(25)28-4)24-15-16-13-17(26-2)20(29-5)18(14-16)27-3/h13-14H,6-12,15H2,1-5H3,(H2,22,23,24). The molecule has 0 aliphatic carbocycles. The second-order valence-corrected chi connectivity index (χ2v) is 6.40. The van der Waals surface area contributed by atoms with Crippen molar-refractivity contribution in [3.05, 3.63) is 17.7 Å². The molecule has 0 aliphatic heterocycles. The molecular weight excluding hydrogens is 374 g/mol. The molecule has 29 heavy (non-hydrogen) atoms. The van der Waals surface area contributed by atoms with Crippen LogP contribution >= 0.6 is 0 Å². The molecule has 0 spiro atoms. The second kappa shape index (κ2) is 14.4. The number of methoxy groups -OCH3 is 4. The van der Waals surface area contributed by atoms with Gasteiger partial charge in [0.2, 0.25) is 5.75 Å². The van der Waals surface area contributed by atoms with Crippen LogP contribution in [0.25, 0.3) is 0 Å². The Morgan fingerprint density at radius 2 is 1.59 bits per heavy atom. The van der Waals surface area contributed by atoms with Gasteiger partial charge in [-0.15, -0.1) is 0 Å². The third-order valence-corrected chi connectivity index (χ3v) is 4.32. The Labute approximate surface area is 174 Å². The number of rotatable bonds is 13. The van der Waals surface area contributed by atoms with Crippen LogP contribution in [0.15, 0.2) is 17.1 Å². The van der Waals surface area contributed by atoms with Crippen molar-refractivity contribution >= 4 is 11.9 Å². The van der Waals surface area contributed by atoms with Crippen LogP contribution < -0.4 is 24.8 Å². The topological polar surface area (TPSA) is 90.4 Å². The summed E-state index contributed by atoms with van der Waals surface area (Å²) in [6.07, 6.45) is 4.42. The highest BCUT2D eigenvalue weighted by Crippen LogP contribution is 2.38. The average Bonchev–Trinajstić information content (AvgIpc) is 2.75. The van der Waals surface area contributed by atoms with E-state index in [4.69, 9.17) is 14.2 Å². The molecule has 0 amide bonds. The number of benzene rings is 1. The minimum absolute atomic E-state index is 0.142. The fourth-order valence-corrected chi connectivity index (χ4v) is 2.80. The summed E-state index contributed by atoms with van der Waals surface area (Å²) in [6, 6.07) is 3.80. The van der Waals surface area contributed by atoms with Crippen molar-refractivity contribution in [1.29, 1.82) is 0 Å². The highest BCUT2D eigenvalue weighted by atomic mass is 16.5. The molecule has 0 bridgehead atoms. The van der Waals surface area contributed by atoms with Gasteiger partial charge in [-0.3, -0.25) is 4.79 Å². The number of nitrogens with one attached hydrogen (secondary N) is 2. The lowest BCUT2D eigenvalue weighted by Crippen LogP contribution is -2.37. The molecule has 8 nitrogen and oxygen atoms in total. The predicted molar refractivity (Wildman–Crippen MR) is 114 cm³/mol. The van der Waals surface area contributed by atoms with Crippen molar-refractivity contribution < 1.29 is 23.7 Å². The van der Waals surface area contributed by atoms with Crippen molar-refractivity contribution in [3.63, 3.8) is 0 Å². The molecule has 1 aromatic rings. The lowest BCUT2D eigenvalue weighted by atomic mass is 10.1. The lowest BCUT2D eigenvalue weighted by molar-refractivity contribution is -0.140. The summed E-state index contributed by atoms with van der Waals surface area (Å²) < 4.78 is 20.8. The molecule has 1 rings (SSSR count). The number of carbonyl (C=O) groups excluding carboxylic acids is 1. The Kier molecular flexibility index (Phi) is 12.1. The average molecular weight is 410 g/mol. The summed E-state index contributed by atoms with van der Waals surface area (Å²) in [5.41, 5.74) is 0.958. The smallest absolute Gasteiger partial charge is 0.305 e. The molecule has 0 saturated carbocycles. The van der Waals surface area contributed by atoms with Crippen LogP contribution in [0.5, 0.6) is 17.2 Å². The van der Waals surface area contributed by atoms with Gasteiger partial charge in [0.05, 0.1) is 35.0 Å². The monoisotopic (exact) mass is 409 g/mol. The van der Waals surface area contributed by atoms with Crippen molar-refractivity contribution in [2.75, 3.05) is 41.5 Å². The lowest BCUT2D eigenvalue weighted by Gasteiger charge is -2.14. The van der Waals surface area contributed by atoms with Crippen molar-refractivity contribution in [2.24, 2.45) is 4.99 Å². The van der Waals surface area contributed by atoms with Crippen LogP contribution in [-0.4, -0.2) is 53.5 Å². The van der Waals surface area contributed by atoms with E-state index in [0.29, 0.717) is 30.2 Å². The summed E-state index contributed by atoms with van der Waals surface area (Å²) in [7, 11) is 6.20. The first-order valence-corrected chi connectivity index (χ1v) is 9.97. The number of aliphatic imine (C=N–C) groups is 1. The zero-order valence-electron chi connectivity index (χ0n) is 18.3. The summed E-state index contributed by atoms with van der Waals surface area (Å²) in [6.45, 7) is 4.11. The van der Waals surface area contributed by atoms with Gasteiger partial charge in [-0.25, -0.2) is 4.99 Å². The Hall–Kier alpha value is -2.64. The first kappa shape index (κ1) is 24.4. The van der Waals surface area contributed by atoms with Crippen LogP contribution in [-0.2, 0) is 16.1 Å². The first-order chi connectivity index (χ1) is 14.1. The molecule has 0 unspecified atom stereocenters. The second-order valence-electron chi connectivity index (χ2n) is 6.40. The number of hydrogen-bond acceptors (Lipinski definition) is 6. The molecule has 0 fully saturated rings. The zero-order chi connectivity index (χ0) is 21.5. The number of ether oxygens (including phenoxy) is 4. The van der Waals surface area contributed by atoms with Gasteiger partial charge in [-0.2, -0.15) is 0 Å². The number of esters is 1. The van der Waals surface area contributed by atoms with Crippen LogP contribution in [0.3, 0.4) is 0 Å². The van der Waals surface area contributed by atoms with Crippen molar-refractivity contribution in [2.45, 2.75) is 45.6 Å². The minimum Gasteiger partial charge on any atom is -0.493 e. The van der Waals surface area contributed by atoms with E-state index < -0.39 is 0 Å². The van der Waals surface area contributed by atoms with Gasteiger partial charge < -0.3 is 29.6 Å². The molecule has 0 saturated heterocycles. The summed E-state index contributed by atoms with van der Waals surface area (Å²) in [4.78, 5) is 15.7. The summed E-state index contributed by atoms with van der Waals surface area (Å²) in [5, 5.41) is 6.59. The van der Waals surface area contributed by atoms with Crippen LogP contribution in [0.1, 0.15) is 44.6 Å². The molecule has 164 valence electrons. The van der Waals surface area contributed by atoms with E-state index in [2.05, 4.69) is 20.4 Å². The van der Waals surface area contributed by atoms with Crippen molar-refractivity contribution in [1.82, 2.24) is 10.6 Å². The molecule has 0 heterocycles. The fraction of sp³-hybridized carbons (Fsp3) is 0.619. The van der Waals surface area contributed by atoms with E-state index >= 15 is 0 Å². The van der Waals surface area contributed by atoms with E-state index in [-0.39, 0.29) is 5.97 Å². The van der Waals surface area contributed by atoms with E-state index in [0.717, 1.165) is 50.3 Å². The molecule has 0 atom stereocenters. The van der Waals surface area contributed by atoms with Gasteiger partial charge in [0.15, 0.2) is 17.5 Å². The van der Waals surface area contributed by atoms with Gasteiger partial charge in [0, 0.05) is 19.5 Å². The maximum Gasteiger partial charge on any atom is 0.305 e. The maximum absolute atomic E-state index is 11.1. The zero-order valence-corrected chi connectivity index (χ0v) is 18.3. The maximum atomic E-state index is 11.1. The summed E-state index contributed by atoms with van der Waals surface area (Å²) >= 11 is 0. The predicted octanol–water partition coefficient (Wildman–Crippen LogP) is 2.89. The molecule has 1 aromatic carbocycles. The number of guanidine groups is 1. The Morgan fingerprint density at radius 1 is 0.931 bits per heavy atom. The number of hydrogen-bond donors (Lipinski definition) is 2. The Morgan fingerprint density at radius 3 is 2.14 bits per heavy atom. The van der Waals surface area contributed by atoms with Crippen LogP contribution in [0, 0.1) is 0 Å². The highest BCUT2D eigenvalue weighted by Gasteiger charge is 2.13. The van der Waals surface area contributed by atoms with Crippen LogP contribution in [0.4, 0.5) is 0 Å². The number of carbonyl (C=O) groups is 1. The SMILES string of the molecule is CCNC(=NCc1cc(OC)c(OC)c(OC)c1)NCCCCCCC(=O)OC. The number of unbranched alkanes of at least 4 members (excludes halogenated alkanes) is 3. The minimum atomic E-state index is -0.142. The molecule has 0 radical (unpaired) electrons. The quantitative estimate of drug-likeness (QED) is 0.224. The van der Waals surface area contributed by atoms with E-state index in [1.54, 1.807) is 21.3 Å². The third-order valence-electron chi connectivity index (χ3n) is 4.32. The van der Waals surface area contributed by atoms with Gasteiger partial charge in [-0.1, -0.05) is 12.8 Å². The largest absolute Gasteiger partial charge is 0.493 e. The fourth-order valence-electron chi connectivity index (χ4n) is 2.80. The van der Waals surface area contributed by atoms with E-state index in [1.807, 2.05) is 19.1 Å². The van der Waals surface area contributed by atoms with Gasteiger partial charge >= 0.3 is 5.97 Å².